The Bertz CT molecular complexity index is 811. The van der Waals surface area contributed by atoms with Gasteiger partial charge in [0.2, 0.25) is 0 Å². The number of carbonyl (C=O) groups excluding carboxylic acids is 1. The smallest absolute Gasteiger partial charge is 0.475 e. The summed E-state index contributed by atoms with van der Waals surface area (Å²) in [5.41, 5.74) is 2.14. The molecule has 0 aliphatic carbocycles. The summed E-state index contributed by atoms with van der Waals surface area (Å²) in [5.74, 6) is -2.76. The number of carbonyl (C=O) groups is 2. The highest BCUT2D eigenvalue weighted by molar-refractivity contribution is 5.73. The Morgan fingerprint density at radius 3 is 1.94 bits per heavy atom. The van der Waals surface area contributed by atoms with Crippen molar-refractivity contribution in [2.75, 3.05) is 13.1 Å². The zero-order valence-corrected chi connectivity index (χ0v) is 16.8. The number of carboxylic acids is 1. The zero-order chi connectivity index (χ0) is 22.7. The molecule has 0 spiro atoms. The van der Waals surface area contributed by atoms with E-state index in [4.69, 9.17) is 14.6 Å². The van der Waals surface area contributed by atoms with Crippen LogP contribution in [0.5, 0.6) is 0 Å². The number of piperidine rings is 1. The van der Waals surface area contributed by atoms with Crippen molar-refractivity contribution in [3.8, 4) is 0 Å². The van der Waals surface area contributed by atoms with Gasteiger partial charge in [0.1, 0.15) is 6.61 Å². The van der Waals surface area contributed by atoms with Gasteiger partial charge in [-0.1, -0.05) is 60.7 Å². The Morgan fingerprint density at radius 2 is 1.45 bits per heavy atom. The maximum atomic E-state index is 12.7. The zero-order valence-electron chi connectivity index (χ0n) is 16.8. The molecule has 31 heavy (non-hydrogen) atoms. The molecular weight excluding hydrogens is 413 g/mol. The van der Waals surface area contributed by atoms with E-state index in [9.17, 15) is 18.0 Å². The van der Waals surface area contributed by atoms with Gasteiger partial charge in [-0.3, -0.25) is 0 Å². The number of halogens is 3. The minimum Gasteiger partial charge on any atom is -0.475 e. The van der Waals surface area contributed by atoms with E-state index in [2.05, 4.69) is 17.4 Å². The molecule has 0 bridgehead atoms. The molecule has 9 heteroatoms. The molecule has 3 rings (SSSR count). The molecule has 0 unspecified atom stereocenters. The van der Waals surface area contributed by atoms with Crippen molar-refractivity contribution in [2.45, 2.75) is 38.2 Å². The lowest BCUT2D eigenvalue weighted by Gasteiger charge is -2.34. The molecule has 1 aliphatic heterocycles. The standard InChI is InChI=1S/C20H24N2O2.C2HF3O2/c23-20(24-16-18-9-5-2-6-10-18)22(19-11-13-21-14-12-19)15-17-7-3-1-4-8-17;3-2(4,5)1(6)7/h1-10,19,21H,11-16H2;(H,6,7). The molecule has 1 heterocycles. The van der Waals surface area contributed by atoms with E-state index in [-0.39, 0.29) is 12.1 Å². The molecule has 0 aromatic heterocycles. The van der Waals surface area contributed by atoms with E-state index >= 15 is 0 Å². The summed E-state index contributed by atoms with van der Waals surface area (Å²) < 4.78 is 37.3. The van der Waals surface area contributed by atoms with Crippen molar-refractivity contribution in [3.05, 3.63) is 71.8 Å². The number of ether oxygens (including phenoxy) is 1. The number of carboxylic acid groups (broad SMARTS) is 1. The van der Waals surface area contributed by atoms with Gasteiger partial charge >= 0.3 is 18.2 Å². The van der Waals surface area contributed by atoms with Crippen LogP contribution in [0.25, 0.3) is 0 Å². The molecule has 1 amide bonds. The third-order valence-electron chi connectivity index (χ3n) is 4.63. The van der Waals surface area contributed by atoms with Crippen molar-refractivity contribution in [1.82, 2.24) is 10.2 Å². The van der Waals surface area contributed by atoms with Crippen LogP contribution in [-0.2, 0) is 22.7 Å². The van der Waals surface area contributed by atoms with E-state index < -0.39 is 12.1 Å². The van der Waals surface area contributed by atoms with Crippen LogP contribution in [0, 0.1) is 0 Å². The second-order valence-corrected chi connectivity index (χ2v) is 6.94. The van der Waals surface area contributed by atoms with Gasteiger partial charge in [0, 0.05) is 12.6 Å². The van der Waals surface area contributed by atoms with Crippen LogP contribution < -0.4 is 5.32 Å². The first kappa shape index (κ1) is 24.2. The van der Waals surface area contributed by atoms with Gasteiger partial charge in [0.05, 0.1) is 0 Å². The molecule has 1 saturated heterocycles. The first-order valence-corrected chi connectivity index (χ1v) is 9.79. The summed E-state index contributed by atoms with van der Waals surface area (Å²) in [6.45, 7) is 2.80. The number of nitrogens with zero attached hydrogens (tertiary/aromatic N) is 1. The fraction of sp³-hybridized carbons (Fsp3) is 0.364. The Hall–Kier alpha value is -3.07. The Balaban J connectivity index is 0.000000423. The minimum absolute atomic E-state index is 0.227. The first-order valence-electron chi connectivity index (χ1n) is 9.79. The number of aliphatic carboxylic acids is 1. The van der Waals surface area contributed by atoms with Gasteiger partial charge in [0.25, 0.3) is 0 Å². The van der Waals surface area contributed by atoms with Crippen molar-refractivity contribution in [1.29, 1.82) is 0 Å². The van der Waals surface area contributed by atoms with Crippen molar-refractivity contribution in [2.24, 2.45) is 0 Å². The largest absolute Gasteiger partial charge is 0.490 e. The molecule has 0 atom stereocenters. The lowest BCUT2D eigenvalue weighted by molar-refractivity contribution is -0.192. The van der Waals surface area contributed by atoms with Crippen LogP contribution in [0.3, 0.4) is 0 Å². The molecule has 0 saturated carbocycles. The molecule has 2 aromatic rings. The van der Waals surface area contributed by atoms with Gasteiger partial charge in [0.15, 0.2) is 0 Å². The second kappa shape index (κ2) is 11.9. The summed E-state index contributed by atoms with van der Waals surface area (Å²) in [5, 5.41) is 10.5. The van der Waals surface area contributed by atoms with Crippen LogP contribution >= 0.6 is 0 Å². The molecule has 1 fully saturated rings. The average Bonchev–Trinajstić information content (AvgIpc) is 2.77. The highest BCUT2D eigenvalue weighted by Gasteiger charge is 2.38. The number of hydrogen-bond donors (Lipinski definition) is 2. The number of rotatable bonds is 5. The monoisotopic (exact) mass is 438 g/mol. The number of benzene rings is 2. The summed E-state index contributed by atoms with van der Waals surface area (Å²) in [6.07, 6.45) is -3.38. The second-order valence-electron chi connectivity index (χ2n) is 6.94. The Kier molecular flexibility index (Phi) is 9.33. The third-order valence-corrected chi connectivity index (χ3v) is 4.63. The van der Waals surface area contributed by atoms with E-state index in [0.29, 0.717) is 13.2 Å². The van der Waals surface area contributed by atoms with Crippen LogP contribution in [0.1, 0.15) is 24.0 Å². The van der Waals surface area contributed by atoms with Gasteiger partial charge in [-0.25, -0.2) is 9.59 Å². The molecule has 1 aliphatic rings. The summed E-state index contributed by atoms with van der Waals surface area (Å²) in [7, 11) is 0. The van der Waals surface area contributed by atoms with Crippen LogP contribution in [-0.4, -0.2) is 47.4 Å². The first-order chi connectivity index (χ1) is 14.8. The fourth-order valence-electron chi connectivity index (χ4n) is 3.04. The molecule has 168 valence electrons. The highest BCUT2D eigenvalue weighted by atomic mass is 19.4. The van der Waals surface area contributed by atoms with Gasteiger partial charge in [-0.15, -0.1) is 0 Å². The Labute approximate surface area is 178 Å². The molecule has 2 aromatic carbocycles. The van der Waals surface area contributed by atoms with Crippen LogP contribution in [0.15, 0.2) is 60.7 Å². The SMILES string of the molecule is O=C(O)C(F)(F)F.O=C(OCc1ccccc1)N(Cc1ccccc1)C1CCNCC1. The van der Waals surface area contributed by atoms with E-state index in [1.165, 1.54) is 0 Å². The normalized spacial score (nSPS) is 14.2. The topological polar surface area (TPSA) is 78.9 Å². The lowest BCUT2D eigenvalue weighted by Crippen LogP contribution is -2.45. The van der Waals surface area contributed by atoms with E-state index in [1.807, 2.05) is 53.4 Å². The van der Waals surface area contributed by atoms with E-state index in [0.717, 1.165) is 37.1 Å². The van der Waals surface area contributed by atoms with Crippen LogP contribution in [0.4, 0.5) is 18.0 Å². The lowest BCUT2D eigenvalue weighted by atomic mass is 10.0. The van der Waals surface area contributed by atoms with E-state index in [1.54, 1.807) is 0 Å². The third kappa shape index (κ3) is 8.67. The number of alkyl halides is 3. The maximum Gasteiger partial charge on any atom is 0.490 e. The van der Waals surface area contributed by atoms with Crippen molar-refractivity contribution in [3.63, 3.8) is 0 Å². The highest BCUT2D eigenvalue weighted by Crippen LogP contribution is 2.18. The van der Waals surface area contributed by atoms with Crippen molar-refractivity contribution >= 4 is 12.1 Å². The van der Waals surface area contributed by atoms with Gasteiger partial charge in [-0.2, -0.15) is 13.2 Å². The van der Waals surface area contributed by atoms with Crippen LogP contribution in [0.2, 0.25) is 0 Å². The molecule has 2 N–H and O–H groups in total. The minimum atomic E-state index is -5.08. The number of hydrogen-bond acceptors (Lipinski definition) is 4. The average molecular weight is 438 g/mol. The van der Waals surface area contributed by atoms with Gasteiger partial charge in [-0.05, 0) is 37.1 Å². The predicted octanol–water partition coefficient (Wildman–Crippen LogP) is 4.21. The van der Waals surface area contributed by atoms with Crippen molar-refractivity contribution < 1.29 is 32.6 Å². The molecule has 6 nitrogen and oxygen atoms in total. The Morgan fingerprint density at radius 1 is 0.968 bits per heavy atom. The number of amides is 1. The summed E-state index contributed by atoms with van der Waals surface area (Å²) >= 11 is 0. The number of nitrogens with one attached hydrogen (secondary N) is 1. The fourth-order valence-corrected chi connectivity index (χ4v) is 3.04. The molecule has 0 radical (unpaired) electrons. The summed E-state index contributed by atoms with van der Waals surface area (Å²) in [6, 6.07) is 20.2. The predicted molar refractivity (Wildman–Crippen MR) is 108 cm³/mol. The molecular formula is C22H25F3N2O4. The van der Waals surface area contributed by atoms with Gasteiger partial charge < -0.3 is 20.1 Å². The summed E-state index contributed by atoms with van der Waals surface area (Å²) in [4.78, 5) is 23.5. The maximum absolute atomic E-state index is 12.7. The quantitative estimate of drug-likeness (QED) is 0.731.